The van der Waals surface area contributed by atoms with E-state index in [9.17, 15) is 0 Å². The average Bonchev–Trinajstić information content (AvgIpc) is 1.82. The van der Waals surface area contributed by atoms with Crippen molar-refractivity contribution in [3.05, 3.63) is 0 Å². The van der Waals surface area contributed by atoms with Crippen molar-refractivity contribution in [2.24, 2.45) is 9.81 Å². The van der Waals surface area contributed by atoms with Gasteiger partial charge in [-0.25, -0.2) is 4.40 Å². The van der Waals surface area contributed by atoms with Gasteiger partial charge in [0.25, 0.3) is 0 Å². The van der Waals surface area contributed by atoms with Crippen LogP contribution < -0.4 is 0 Å². The van der Waals surface area contributed by atoms with E-state index in [-0.39, 0.29) is 15.4 Å². The highest BCUT2D eigenvalue weighted by Crippen LogP contribution is 2.30. The summed E-state index contributed by atoms with van der Waals surface area (Å²) in [6, 6.07) is 0. The van der Waals surface area contributed by atoms with Crippen LogP contribution in [0.5, 0.6) is 0 Å². The summed E-state index contributed by atoms with van der Waals surface area (Å²) < 4.78 is 4.68. The molecular weight excluding hydrogens is 178 g/mol. The molecule has 0 aliphatic rings. The van der Waals surface area contributed by atoms with Gasteiger partial charge >= 0.3 is 0 Å². The average molecular weight is 201 g/mol. The first-order valence-electron chi connectivity index (χ1n) is 4.70. The van der Waals surface area contributed by atoms with Gasteiger partial charge in [0.1, 0.15) is 0 Å². The zero-order chi connectivity index (χ0) is 10.7. The molecule has 0 radical (unpaired) electrons. The van der Waals surface area contributed by atoms with Crippen molar-refractivity contribution in [2.45, 2.75) is 52.7 Å². The fraction of sp³-hybridized carbons (Fsp3) is 0.818. The largest absolute Gasteiger partial charge is 0.236 e. The lowest BCUT2D eigenvalue weighted by Crippen LogP contribution is -2.09. The summed E-state index contributed by atoms with van der Waals surface area (Å²) in [5.74, 6) is 4.06. The highest BCUT2D eigenvalue weighted by Gasteiger charge is 2.12. The minimum absolute atomic E-state index is 0.103. The van der Waals surface area contributed by atoms with E-state index < -0.39 is 0 Å². The number of nitrogens with zero attached hydrogens (tertiary/aromatic N) is 1. The molecule has 0 aromatic rings. The first-order chi connectivity index (χ1) is 5.63. The van der Waals surface area contributed by atoms with E-state index >= 15 is 0 Å². The highest BCUT2D eigenvalue weighted by atomic mass is 32.2. The fourth-order valence-corrected chi connectivity index (χ4v) is 1.13. The van der Waals surface area contributed by atoms with Crippen molar-refractivity contribution < 1.29 is 0 Å². The Labute approximate surface area is 85.7 Å². The molecule has 0 fully saturated rings. The van der Waals surface area contributed by atoms with Crippen LogP contribution in [0.4, 0.5) is 0 Å². The molecule has 0 aromatic heterocycles. The molecular formula is C11H23NS. The number of hydrogen-bond acceptors (Lipinski definition) is 1. The third-order valence-electron chi connectivity index (χ3n) is 1.61. The second-order valence-electron chi connectivity index (χ2n) is 5.53. The third-order valence-corrected chi connectivity index (χ3v) is 3.43. The van der Waals surface area contributed by atoms with E-state index in [4.69, 9.17) is 0 Å². The van der Waals surface area contributed by atoms with Crippen molar-refractivity contribution in [3.8, 4) is 0 Å². The van der Waals surface area contributed by atoms with Crippen LogP contribution >= 0.6 is 10.7 Å². The van der Waals surface area contributed by atoms with E-state index in [1.165, 1.54) is 0 Å². The van der Waals surface area contributed by atoms with Crippen LogP contribution in [0.1, 0.15) is 48.0 Å². The van der Waals surface area contributed by atoms with Gasteiger partial charge in [0, 0.05) is 11.0 Å². The maximum absolute atomic E-state index is 4.47. The van der Waals surface area contributed by atoms with Gasteiger partial charge in [0.15, 0.2) is 0 Å². The Bertz CT molecular complexity index is 203. The van der Waals surface area contributed by atoms with Gasteiger partial charge < -0.3 is 0 Å². The summed E-state index contributed by atoms with van der Waals surface area (Å²) in [6.07, 6.45) is 3.06. The van der Waals surface area contributed by atoms with Gasteiger partial charge in [-0.15, -0.1) is 0 Å². The molecule has 0 aromatic carbocycles. The van der Waals surface area contributed by atoms with E-state index in [0.717, 1.165) is 6.42 Å². The number of hydrogen-bond donors (Lipinski definition) is 0. The highest BCUT2D eigenvalue weighted by molar-refractivity contribution is 8.14. The maximum Gasteiger partial charge on any atom is 0.0220 e. The zero-order valence-electron chi connectivity index (χ0n) is 9.85. The van der Waals surface area contributed by atoms with Crippen LogP contribution in [-0.4, -0.2) is 16.8 Å². The maximum atomic E-state index is 4.47. The first kappa shape index (κ1) is 12.9. The topological polar surface area (TPSA) is 12.4 Å². The van der Waals surface area contributed by atoms with Gasteiger partial charge in [-0.3, -0.25) is 0 Å². The molecule has 0 amide bonds. The molecule has 1 atom stereocenters. The first-order valence-corrected chi connectivity index (χ1v) is 6.05. The summed E-state index contributed by atoms with van der Waals surface area (Å²) in [4.78, 5) is 0. The zero-order valence-corrected chi connectivity index (χ0v) is 10.7. The Morgan fingerprint density at radius 3 is 1.92 bits per heavy atom. The Balaban J connectivity index is 4.09. The minimum Gasteiger partial charge on any atom is -0.236 e. The second kappa shape index (κ2) is 4.41. The molecule has 13 heavy (non-hydrogen) atoms. The van der Waals surface area contributed by atoms with Crippen LogP contribution in [0.25, 0.3) is 0 Å². The summed E-state index contributed by atoms with van der Waals surface area (Å²) in [6.45, 7) is 13.2. The molecule has 0 aliphatic carbocycles. The van der Waals surface area contributed by atoms with E-state index in [0.29, 0.717) is 5.41 Å². The molecule has 78 valence electrons. The van der Waals surface area contributed by atoms with E-state index in [2.05, 4.69) is 51.8 Å². The molecule has 0 bridgehead atoms. The number of rotatable bonds is 2. The van der Waals surface area contributed by atoms with Crippen LogP contribution in [0, 0.1) is 5.41 Å². The summed E-state index contributed by atoms with van der Waals surface area (Å²) in [5, 5.41) is 0. The Morgan fingerprint density at radius 2 is 1.62 bits per heavy atom. The standard InChI is InChI=1S/C11H23NS/c1-10(2,3)8-9-12-13(7)11(4,5)6/h9H,7-8H2,1-6H3/b12-9-. The van der Waals surface area contributed by atoms with E-state index in [1.807, 2.05) is 6.21 Å². The van der Waals surface area contributed by atoms with Crippen LogP contribution in [0.2, 0.25) is 0 Å². The molecule has 1 unspecified atom stereocenters. The van der Waals surface area contributed by atoms with Crippen LogP contribution in [-0.2, 0) is 0 Å². The smallest absolute Gasteiger partial charge is 0.0220 e. The van der Waals surface area contributed by atoms with Crippen molar-refractivity contribution in [1.29, 1.82) is 0 Å². The van der Waals surface area contributed by atoms with Crippen LogP contribution in [0.15, 0.2) is 4.40 Å². The van der Waals surface area contributed by atoms with Crippen molar-refractivity contribution in [3.63, 3.8) is 0 Å². The molecule has 2 heteroatoms. The fourth-order valence-electron chi connectivity index (χ4n) is 0.559. The van der Waals surface area contributed by atoms with Crippen molar-refractivity contribution >= 4 is 22.8 Å². The van der Waals surface area contributed by atoms with Gasteiger partial charge in [-0.05, 0) is 32.6 Å². The quantitative estimate of drug-likeness (QED) is 0.474. The lowest BCUT2D eigenvalue weighted by molar-refractivity contribution is 0.438. The van der Waals surface area contributed by atoms with Gasteiger partial charge in [0.2, 0.25) is 0 Å². The SMILES string of the molecule is C=S(/N=C\CC(C)(C)C)C(C)(C)C. The third kappa shape index (κ3) is 7.00. The normalized spacial score (nSPS) is 16.5. The molecule has 1 nitrogen and oxygen atoms in total. The van der Waals surface area contributed by atoms with Crippen molar-refractivity contribution in [2.75, 3.05) is 0 Å². The molecule has 0 spiro atoms. The second-order valence-corrected chi connectivity index (χ2v) is 7.69. The predicted molar refractivity (Wildman–Crippen MR) is 67.0 cm³/mol. The minimum atomic E-state index is -0.103. The lowest BCUT2D eigenvalue weighted by Gasteiger charge is -2.20. The molecule has 0 N–H and O–H groups in total. The monoisotopic (exact) mass is 201 g/mol. The lowest BCUT2D eigenvalue weighted by atomic mass is 9.93. The Hall–Kier alpha value is -0.110. The molecule has 0 rings (SSSR count). The Kier molecular flexibility index (Phi) is 4.37. The molecule has 0 aliphatic heterocycles. The van der Waals surface area contributed by atoms with Gasteiger partial charge in [-0.2, -0.15) is 0 Å². The molecule has 0 heterocycles. The van der Waals surface area contributed by atoms with E-state index in [1.54, 1.807) is 0 Å². The predicted octanol–water partition coefficient (Wildman–Crippen LogP) is 3.91. The summed E-state index contributed by atoms with van der Waals surface area (Å²) in [5.41, 5.74) is 0.339. The van der Waals surface area contributed by atoms with Gasteiger partial charge in [0.05, 0.1) is 0 Å². The molecule has 0 saturated heterocycles. The Morgan fingerprint density at radius 1 is 1.15 bits per heavy atom. The van der Waals surface area contributed by atoms with Crippen molar-refractivity contribution in [1.82, 2.24) is 0 Å². The summed E-state index contributed by atoms with van der Waals surface area (Å²) >= 11 is 0. The van der Waals surface area contributed by atoms with Gasteiger partial charge in [-0.1, -0.05) is 37.3 Å². The van der Waals surface area contributed by atoms with Crippen LogP contribution in [0.3, 0.4) is 0 Å². The molecule has 0 saturated carbocycles. The summed E-state index contributed by atoms with van der Waals surface area (Å²) in [7, 11) is -0.103.